The number of para-hydroxylation sites is 1. The number of rotatable bonds is 10. The average molecular weight is 398 g/mol. The molecule has 7 nitrogen and oxygen atoms in total. The minimum Gasteiger partial charge on any atom is -0.494 e. The van der Waals surface area contributed by atoms with Gasteiger partial charge in [-0.15, -0.1) is 0 Å². The molecule has 7 heteroatoms. The first-order chi connectivity index (χ1) is 14.0. The highest BCUT2D eigenvalue weighted by Crippen LogP contribution is 2.16. The van der Waals surface area contributed by atoms with Gasteiger partial charge in [0.15, 0.2) is 6.61 Å². The molecular formula is C22H26N2O5. The molecule has 0 heterocycles. The second-order valence-electron chi connectivity index (χ2n) is 6.38. The summed E-state index contributed by atoms with van der Waals surface area (Å²) in [6.07, 6.45) is 0.577. The van der Waals surface area contributed by atoms with Crippen LogP contribution in [0, 0.1) is 6.92 Å². The number of anilines is 2. The van der Waals surface area contributed by atoms with Crippen LogP contribution in [-0.2, 0) is 19.1 Å². The number of amides is 2. The second kappa shape index (κ2) is 11.5. The number of hydrogen-bond acceptors (Lipinski definition) is 5. The Morgan fingerprint density at radius 2 is 1.62 bits per heavy atom. The van der Waals surface area contributed by atoms with Crippen molar-refractivity contribution in [2.75, 3.05) is 23.8 Å². The lowest BCUT2D eigenvalue weighted by molar-refractivity contribution is -0.147. The van der Waals surface area contributed by atoms with Crippen molar-refractivity contribution in [1.29, 1.82) is 0 Å². The number of ether oxygens (including phenoxy) is 2. The van der Waals surface area contributed by atoms with E-state index in [1.165, 1.54) is 0 Å². The van der Waals surface area contributed by atoms with E-state index in [9.17, 15) is 14.4 Å². The number of nitrogens with one attached hydrogen (secondary N) is 2. The quantitative estimate of drug-likeness (QED) is 0.596. The molecule has 2 amide bonds. The molecule has 0 saturated heterocycles. The van der Waals surface area contributed by atoms with Crippen LogP contribution in [0.4, 0.5) is 11.4 Å². The maximum absolute atomic E-state index is 11.9. The van der Waals surface area contributed by atoms with Crippen molar-refractivity contribution >= 4 is 29.2 Å². The van der Waals surface area contributed by atoms with E-state index >= 15 is 0 Å². The molecule has 0 bridgehead atoms. The van der Waals surface area contributed by atoms with Crippen LogP contribution in [-0.4, -0.2) is 31.0 Å². The van der Waals surface area contributed by atoms with Gasteiger partial charge < -0.3 is 20.1 Å². The van der Waals surface area contributed by atoms with Crippen molar-refractivity contribution in [3.8, 4) is 5.75 Å². The Bertz CT molecular complexity index is 833. The molecule has 0 aliphatic carbocycles. The van der Waals surface area contributed by atoms with Crippen LogP contribution >= 0.6 is 0 Å². The van der Waals surface area contributed by atoms with Crippen molar-refractivity contribution in [1.82, 2.24) is 0 Å². The molecule has 2 rings (SSSR count). The smallest absolute Gasteiger partial charge is 0.306 e. The third-order valence-electron chi connectivity index (χ3n) is 4.02. The van der Waals surface area contributed by atoms with E-state index in [0.717, 1.165) is 11.3 Å². The molecule has 154 valence electrons. The number of carbonyl (C=O) groups excluding carboxylic acids is 3. The summed E-state index contributed by atoms with van der Waals surface area (Å²) in [5, 5.41) is 5.45. The Morgan fingerprint density at radius 1 is 0.897 bits per heavy atom. The van der Waals surface area contributed by atoms with Crippen LogP contribution in [0.5, 0.6) is 5.75 Å². The summed E-state index contributed by atoms with van der Waals surface area (Å²) >= 11 is 0. The van der Waals surface area contributed by atoms with Crippen molar-refractivity contribution in [2.45, 2.75) is 33.1 Å². The molecule has 0 aromatic heterocycles. The summed E-state index contributed by atoms with van der Waals surface area (Å²) in [4.78, 5) is 35.6. The molecule has 29 heavy (non-hydrogen) atoms. The standard InChI is InChI=1S/C22H26N2O5/c1-3-28-18-13-11-17(12-14-18)23-20(25)9-6-10-22(27)29-15-21(26)24-19-8-5-4-7-16(19)2/h4-5,7-8,11-14H,3,6,9-10,15H2,1-2H3,(H,23,25)(H,24,26). The summed E-state index contributed by atoms with van der Waals surface area (Å²) in [6, 6.07) is 14.4. The van der Waals surface area contributed by atoms with Gasteiger partial charge in [0, 0.05) is 24.2 Å². The van der Waals surface area contributed by atoms with Gasteiger partial charge >= 0.3 is 5.97 Å². The molecule has 0 aliphatic heterocycles. The zero-order chi connectivity index (χ0) is 21.1. The Labute approximate surface area is 170 Å². The molecule has 0 radical (unpaired) electrons. The zero-order valence-corrected chi connectivity index (χ0v) is 16.7. The van der Waals surface area contributed by atoms with Crippen LogP contribution in [0.25, 0.3) is 0 Å². The summed E-state index contributed by atoms with van der Waals surface area (Å²) < 4.78 is 10.3. The van der Waals surface area contributed by atoms with Crippen LogP contribution in [0.3, 0.4) is 0 Å². The maximum atomic E-state index is 11.9. The van der Waals surface area contributed by atoms with Crippen LogP contribution < -0.4 is 15.4 Å². The van der Waals surface area contributed by atoms with Crippen molar-refractivity contribution in [2.24, 2.45) is 0 Å². The van der Waals surface area contributed by atoms with E-state index in [1.807, 2.05) is 32.0 Å². The largest absolute Gasteiger partial charge is 0.494 e. The monoisotopic (exact) mass is 398 g/mol. The highest BCUT2D eigenvalue weighted by molar-refractivity contribution is 5.93. The fraction of sp³-hybridized carbons (Fsp3) is 0.318. The van der Waals surface area contributed by atoms with Gasteiger partial charge in [-0.05, 0) is 56.2 Å². The Hall–Kier alpha value is -3.35. The third kappa shape index (κ3) is 8.04. The summed E-state index contributed by atoms with van der Waals surface area (Å²) in [7, 11) is 0. The molecule has 0 spiro atoms. The van der Waals surface area contributed by atoms with Gasteiger partial charge in [0.05, 0.1) is 6.61 Å². The van der Waals surface area contributed by atoms with E-state index in [2.05, 4.69) is 10.6 Å². The summed E-state index contributed by atoms with van der Waals surface area (Å²) in [5.41, 5.74) is 2.26. The molecule has 0 unspecified atom stereocenters. The molecule has 0 fully saturated rings. The van der Waals surface area contributed by atoms with Crippen molar-refractivity contribution < 1.29 is 23.9 Å². The fourth-order valence-electron chi connectivity index (χ4n) is 2.54. The van der Waals surface area contributed by atoms with E-state index < -0.39 is 11.9 Å². The Kier molecular flexibility index (Phi) is 8.69. The molecule has 2 aromatic carbocycles. The number of benzene rings is 2. The van der Waals surface area contributed by atoms with Gasteiger partial charge in [-0.2, -0.15) is 0 Å². The predicted octanol–water partition coefficient (Wildman–Crippen LogP) is 3.68. The van der Waals surface area contributed by atoms with Gasteiger partial charge in [-0.1, -0.05) is 18.2 Å². The number of aryl methyl sites for hydroxylation is 1. The van der Waals surface area contributed by atoms with E-state index in [0.29, 0.717) is 24.4 Å². The molecule has 2 N–H and O–H groups in total. The fourth-order valence-corrected chi connectivity index (χ4v) is 2.54. The lowest BCUT2D eigenvalue weighted by Gasteiger charge is -2.09. The third-order valence-corrected chi connectivity index (χ3v) is 4.02. The molecule has 0 aliphatic rings. The summed E-state index contributed by atoms with van der Waals surface area (Å²) in [6.45, 7) is 4.00. The van der Waals surface area contributed by atoms with Gasteiger partial charge in [-0.3, -0.25) is 14.4 Å². The molecule has 0 atom stereocenters. The number of carbonyl (C=O) groups is 3. The van der Waals surface area contributed by atoms with Crippen LogP contribution in [0.1, 0.15) is 31.7 Å². The topological polar surface area (TPSA) is 93.7 Å². The van der Waals surface area contributed by atoms with Crippen molar-refractivity contribution in [3.63, 3.8) is 0 Å². The Morgan fingerprint density at radius 3 is 2.31 bits per heavy atom. The normalized spacial score (nSPS) is 10.1. The minimum absolute atomic E-state index is 0.0638. The SMILES string of the molecule is CCOc1ccc(NC(=O)CCCC(=O)OCC(=O)Nc2ccccc2C)cc1. The Balaban J connectivity index is 1.63. The predicted molar refractivity (Wildman–Crippen MR) is 111 cm³/mol. The lowest BCUT2D eigenvalue weighted by atomic mass is 10.2. The molecule has 2 aromatic rings. The van der Waals surface area contributed by atoms with E-state index in [-0.39, 0.29) is 25.4 Å². The highest BCUT2D eigenvalue weighted by atomic mass is 16.5. The van der Waals surface area contributed by atoms with Gasteiger partial charge in [0.25, 0.3) is 5.91 Å². The zero-order valence-electron chi connectivity index (χ0n) is 16.7. The number of hydrogen-bond donors (Lipinski definition) is 2. The summed E-state index contributed by atoms with van der Waals surface area (Å²) in [5.74, 6) is -0.376. The van der Waals surface area contributed by atoms with Crippen LogP contribution in [0.15, 0.2) is 48.5 Å². The minimum atomic E-state index is -0.515. The maximum Gasteiger partial charge on any atom is 0.306 e. The first-order valence-corrected chi connectivity index (χ1v) is 9.51. The molecular weight excluding hydrogens is 372 g/mol. The first kappa shape index (κ1) is 21.9. The van der Waals surface area contributed by atoms with Gasteiger partial charge in [0.1, 0.15) is 5.75 Å². The number of esters is 1. The average Bonchev–Trinajstić information content (AvgIpc) is 2.70. The van der Waals surface area contributed by atoms with Crippen LogP contribution in [0.2, 0.25) is 0 Å². The van der Waals surface area contributed by atoms with E-state index in [1.54, 1.807) is 30.3 Å². The van der Waals surface area contributed by atoms with Gasteiger partial charge in [-0.25, -0.2) is 0 Å². The van der Waals surface area contributed by atoms with Crippen molar-refractivity contribution in [3.05, 3.63) is 54.1 Å². The van der Waals surface area contributed by atoms with Gasteiger partial charge in [0.2, 0.25) is 5.91 Å². The lowest BCUT2D eigenvalue weighted by Crippen LogP contribution is -2.21. The second-order valence-corrected chi connectivity index (χ2v) is 6.38. The highest BCUT2D eigenvalue weighted by Gasteiger charge is 2.10. The first-order valence-electron chi connectivity index (χ1n) is 9.51. The molecule has 0 saturated carbocycles. The van der Waals surface area contributed by atoms with E-state index in [4.69, 9.17) is 9.47 Å².